The van der Waals surface area contributed by atoms with Crippen LogP contribution >= 0.6 is 0 Å². The molecule has 0 spiro atoms. The van der Waals surface area contributed by atoms with E-state index in [-0.39, 0.29) is 41.2 Å². The minimum Gasteiger partial charge on any atom is -0.461 e. The number of halogens is 1. The van der Waals surface area contributed by atoms with Crippen molar-refractivity contribution < 1.29 is 18.7 Å². The van der Waals surface area contributed by atoms with E-state index in [2.05, 4.69) is 29.7 Å². The summed E-state index contributed by atoms with van der Waals surface area (Å²) >= 11 is 0. The van der Waals surface area contributed by atoms with Crippen molar-refractivity contribution in [3.8, 4) is 17.3 Å². The van der Waals surface area contributed by atoms with E-state index >= 15 is 4.39 Å². The highest BCUT2D eigenvalue weighted by atomic mass is 19.1. The number of piperazine rings is 1. The van der Waals surface area contributed by atoms with Crippen LogP contribution in [0.15, 0.2) is 30.5 Å². The van der Waals surface area contributed by atoms with Crippen molar-refractivity contribution in [2.45, 2.75) is 109 Å². The Morgan fingerprint density at radius 2 is 1.78 bits per heavy atom. The highest BCUT2D eigenvalue weighted by molar-refractivity contribution is 5.92. The summed E-state index contributed by atoms with van der Waals surface area (Å²) in [5.41, 5.74) is 1.81. The summed E-state index contributed by atoms with van der Waals surface area (Å²) in [6.07, 6.45) is 8.67. The number of carbonyl (C=O) groups excluding carboxylic acids is 1. The summed E-state index contributed by atoms with van der Waals surface area (Å²) in [4.78, 5) is 34.2. The Morgan fingerprint density at radius 1 is 1.09 bits per heavy atom. The van der Waals surface area contributed by atoms with Crippen LogP contribution in [-0.2, 0) is 4.74 Å². The fourth-order valence-corrected chi connectivity index (χ4v) is 8.23. The zero-order chi connectivity index (χ0) is 32.2. The molecule has 4 saturated heterocycles. The number of anilines is 1. The molecule has 1 aromatic carbocycles. The van der Waals surface area contributed by atoms with E-state index in [9.17, 15) is 4.79 Å². The number of amides is 1. The third-order valence-electron chi connectivity index (χ3n) is 10.7. The normalized spacial score (nSPS) is 23.2. The van der Waals surface area contributed by atoms with Gasteiger partial charge in [-0.3, -0.25) is 14.8 Å². The molecule has 46 heavy (non-hydrogen) atoms. The van der Waals surface area contributed by atoms with Gasteiger partial charge in [0.2, 0.25) is 0 Å². The van der Waals surface area contributed by atoms with E-state index < -0.39 is 11.4 Å². The van der Waals surface area contributed by atoms with Crippen molar-refractivity contribution in [3.63, 3.8) is 0 Å². The van der Waals surface area contributed by atoms with Gasteiger partial charge in [-0.15, -0.1) is 0 Å². The van der Waals surface area contributed by atoms with E-state index in [0.717, 1.165) is 69.2 Å². The van der Waals surface area contributed by atoms with E-state index in [1.807, 2.05) is 43.9 Å². The standard InChI is InChI=1S/C36H47FN6O3/c1-6-23(2)26-11-7-8-12-27(26)30-29(37)31-28(19-38-30)32(40-33(39-31)45-22-36-15-9-17-42(36)18-10-16-36)41-20-24-13-14-25(21-41)43(24)34(44)46-35(3,4)5/h7-8,11-12,19,23-25H,6,9-10,13-18,20-22H2,1-5H3/t23?,24-,25+. The molecule has 1 amide bonds. The first kappa shape index (κ1) is 31.1. The molecule has 0 N–H and O–H groups in total. The maximum Gasteiger partial charge on any atom is 0.410 e. The highest BCUT2D eigenvalue weighted by Gasteiger charge is 2.46. The Morgan fingerprint density at radius 3 is 2.46 bits per heavy atom. The van der Waals surface area contributed by atoms with Crippen LogP contribution in [0.2, 0.25) is 0 Å². The maximum atomic E-state index is 16.8. The fourth-order valence-electron chi connectivity index (χ4n) is 8.23. The number of ether oxygens (including phenoxy) is 2. The van der Waals surface area contributed by atoms with E-state index in [1.54, 1.807) is 6.20 Å². The third kappa shape index (κ3) is 5.56. The molecule has 3 atom stereocenters. The quantitative estimate of drug-likeness (QED) is 0.278. The molecule has 4 aliphatic heterocycles. The number of fused-ring (bicyclic) bond motifs is 4. The molecule has 7 rings (SSSR count). The number of hydrogen-bond acceptors (Lipinski definition) is 8. The lowest BCUT2D eigenvalue weighted by Gasteiger charge is -2.42. The second-order valence-corrected chi connectivity index (χ2v) is 14.8. The Hall–Kier alpha value is -3.53. The Labute approximate surface area is 271 Å². The molecule has 6 heterocycles. The first-order valence-corrected chi connectivity index (χ1v) is 17.2. The molecule has 2 bridgehead atoms. The molecule has 1 unspecified atom stereocenters. The number of hydrogen-bond donors (Lipinski definition) is 0. The Kier molecular flexibility index (Phi) is 8.06. The van der Waals surface area contributed by atoms with Crippen molar-refractivity contribution in [2.75, 3.05) is 37.7 Å². The van der Waals surface area contributed by atoms with Crippen LogP contribution in [0.5, 0.6) is 6.01 Å². The molecule has 0 aliphatic carbocycles. The summed E-state index contributed by atoms with van der Waals surface area (Å²) in [6, 6.07) is 8.09. The van der Waals surface area contributed by atoms with Gasteiger partial charge in [0.15, 0.2) is 5.82 Å². The molecule has 9 nitrogen and oxygen atoms in total. The lowest BCUT2D eigenvalue weighted by molar-refractivity contribution is 0.0122. The second-order valence-electron chi connectivity index (χ2n) is 14.8. The van der Waals surface area contributed by atoms with Gasteiger partial charge < -0.3 is 14.4 Å². The third-order valence-corrected chi connectivity index (χ3v) is 10.7. The van der Waals surface area contributed by atoms with Gasteiger partial charge in [0.05, 0.1) is 23.0 Å². The molecule has 0 saturated carbocycles. The topological polar surface area (TPSA) is 83.9 Å². The predicted molar refractivity (Wildman–Crippen MR) is 177 cm³/mol. The molecule has 0 radical (unpaired) electrons. The van der Waals surface area contributed by atoms with Crippen LogP contribution in [0.25, 0.3) is 22.2 Å². The van der Waals surface area contributed by atoms with Crippen LogP contribution in [0.1, 0.15) is 91.0 Å². The van der Waals surface area contributed by atoms with Crippen molar-refractivity contribution in [1.82, 2.24) is 24.8 Å². The lowest BCUT2D eigenvalue weighted by atomic mass is 9.92. The van der Waals surface area contributed by atoms with E-state index in [4.69, 9.17) is 24.4 Å². The Bertz CT molecular complexity index is 1600. The van der Waals surface area contributed by atoms with Crippen molar-refractivity contribution in [1.29, 1.82) is 0 Å². The first-order valence-electron chi connectivity index (χ1n) is 17.2. The van der Waals surface area contributed by atoms with Crippen LogP contribution in [0.3, 0.4) is 0 Å². The monoisotopic (exact) mass is 630 g/mol. The minimum atomic E-state index is -0.565. The molecular weight excluding hydrogens is 583 g/mol. The van der Waals surface area contributed by atoms with Crippen molar-refractivity contribution in [3.05, 3.63) is 41.8 Å². The molecule has 10 heteroatoms. The summed E-state index contributed by atoms with van der Waals surface area (Å²) in [7, 11) is 0. The zero-order valence-corrected chi connectivity index (χ0v) is 27.9. The lowest BCUT2D eigenvalue weighted by Crippen LogP contribution is -2.57. The molecule has 4 fully saturated rings. The van der Waals surface area contributed by atoms with Crippen LogP contribution in [0, 0.1) is 5.82 Å². The molecule has 246 valence electrons. The average molecular weight is 631 g/mol. The summed E-state index contributed by atoms with van der Waals surface area (Å²) in [5, 5.41) is 0.557. The second kappa shape index (κ2) is 11.9. The number of rotatable bonds is 7. The summed E-state index contributed by atoms with van der Waals surface area (Å²) < 4.78 is 29.0. The van der Waals surface area contributed by atoms with Crippen LogP contribution in [-0.4, -0.2) is 86.9 Å². The summed E-state index contributed by atoms with van der Waals surface area (Å²) in [5.74, 6) is 0.407. The number of carbonyl (C=O) groups is 1. The number of aromatic nitrogens is 3. The van der Waals surface area contributed by atoms with Gasteiger partial charge in [-0.05, 0) is 90.3 Å². The van der Waals surface area contributed by atoms with Crippen molar-refractivity contribution >= 4 is 22.8 Å². The predicted octanol–water partition coefficient (Wildman–Crippen LogP) is 6.94. The van der Waals surface area contributed by atoms with Gasteiger partial charge >= 0.3 is 12.1 Å². The van der Waals surface area contributed by atoms with Gasteiger partial charge in [0.25, 0.3) is 0 Å². The van der Waals surface area contributed by atoms with Crippen LogP contribution < -0.4 is 9.64 Å². The number of benzene rings is 1. The number of nitrogens with zero attached hydrogens (tertiary/aromatic N) is 6. The Balaban J connectivity index is 1.27. The SMILES string of the molecule is CCC(C)c1ccccc1-c1ncc2c(N3C[C@H]4CC[C@@H](C3)N4C(=O)OC(C)(C)C)nc(OCC34CCCN3CCC4)nc2c1F. The summed E-state index contributed by atoms with van der Waals surface area (Å²) in [6.45, 7) is 13.8. The number of pyridine rings is 1. The highest BCUT2D eigenvalue weighted by Crippen LogP contribution is 2.41. The van der Waals surface area contributed by atoms with Gasteiger partial charge in [-0.25, -0.2) is 9.18 Å². The van der Waals surface area contributed by atoms with Gasteiger partial charge in [-0.2, -0.15) is 9.97 Å². The van der Waals surface area contributed by atoms with Gasteiger partial charge in [0, 0.05) is 24.8 Å². The molecule has 2 aromatic heterocycles. The maximum absolute atomic E-state index is 16.8. The van der Waals surface area contributed by atoms with Crippen molar-refractivity contribution in [2.24, 2.45) is 0 Å². The smallest absolute Gasteiger partial charge is 0.410 e. The molecule has 3 aromatic rings. The van der Waals surface area contributed by atoms with E-state index in [1.165, 1.54) is 0 Å². The zero-order valence-electron chi connectivity index (χ0n) is 27.9. The molecular formula is C36H47FN6O3. The van der Waals surface area contributed by atoms with Gasteiger partial charge in [0.1, 0.15) is 29.2 Å². The largest absolute Gasteiger partial charge is 0.461 e. The van der Waals surface area contributed by atoms with Gasteiger partial charge in [-0.1, -0.05) is 38.1 Å². The first-order chi connectivity index (χ1) is 22.1. The van der Waals surface area contributed by atoms with Crippen LogP contribution in [0.4, 0.5) is 15.0 Å². The molecule has 4 aliphatic rings. The minimum absolute atomic E-state index is 0.00775. The fraction of sp³-hybridized carbons (Fsp3) is 0.611. The average Bonchev–Trinajstić information content (AvgIpc) is 3.69. The van der Waals surface area contributed by atoms with E-state index in [0.29, 0.717) is 36.6 Å².